The van der Waals surface area contributed by atoms with Gasteiger partial charge in [0.15, 0.2) is 4.80 Å². The SMILES string of the molecule is COCCn1c(=NC(=O)Cc2cccc(OC)c2)sc2c(OC)ccc(OC)c21. The zero-order chi connectivity index (χ0) is 20.8. The Labute approximate surface area is 173 Å². The van der Waals surface area contributed by atoms with Gasteiger partial charge in [-0.3, -0.25) is 4.79 Å². The largest absolute Gasteiger partial charge is 0.497 e. The standard InChI is InChI=1S/C21H24N2O5S/c1-25-11-10-23-19-16(27-3)8-9-17(28-4)20(19)29-21(23)22-18(24)13-14-6-5-7-15(12-14)26-2/h5-9,12H,10-11,13H2,1-4H3. The van der Waals surface area contributed by atoms with Crippen molar-refractivity contribution in [2.75, 3.05) is 35.0 Å². The van der Waals surface area contributed by atoms with E-state index in [-0.39, 0.29) is 12.3 Å². The van der Waals surface area contributed by atoms with Crippen LogP contribution in [0.25, 0.3) is 10.2 Å². The summed E-state index contributed by atoms with van der Waals surface area (Å²) in [6.45, 7) is 1.01. The molecule has 29 heavy (non-hydrogen) atoms. The summed E-state index contributed by atoms with van der Waals surface area (Å²) in [7, 11) is 6.47. The van der Waals surface area contributed by atoms with Crippen molar-refractivity contribution in [3.63, 3.8) is 0 Å². The Kier molecular flexibility index (Phi) is 6.90. The van der Waals surface area contributed by atoms with E-state index in [0.29, 0.717) is 35.2 Å². The zero-order valence-corrected chi connectivity index (χ0v) is 17.7. The molecular formula is C21H24N2O5S. The second-order valence-electron chi connectivity index (χ2n) is 6.21. The van der Waals surface area contributed by atoms with Gasteiger partial charge in [0.25, 0.3) is 5.91 Å². The van der Waals surface area contributed by atoms with Crippen molar-refractivity contribution in [1.82, 2.24) is 4.57 Å². The van der Waals surface area contributed by atoms with Crippen molar-refractivity contribution in [2.45, 2.75) is 13.0 Å². The highest BCUT2D eigenvalue weighted by molar-refractivity contribution is 7.16. The fraction of sp³-hybridized carbons (Fsp3) is 0.333. The number of nitrogens with zero attached hydrogens (tertiary/aromatic N) is 2. The summed E-state index contributed by atoms with van der Waals surface area (Å²) in [6, 6.07) is 11.1. The van der Waals surface area contributed by atoms with Gasteiger partial charge in [-0.2, -0.15) is 4.99 Å². The molecule has 0 N–H and O–H groups in total. The quantitative estimate of drug-likeness (QED) is 0.564. The molecule has 0 radical (unpaired) electrons. The number of ether oxygens (including phenoxy) is 4. The van der Waals surface area contributed by atoms with Gasteiger partial charge in [0.05, 0.1) is 34.4 Å². The van der Waals surface area contributed by atoms with Crippen LogP contribution in [0.15, 0.2) is 41.4 Å². The van der Waals surface area contributed by atoms with E-state index in [1.807, 2.05) is 41.0 Å². The number of carbonyl (C=O) groups is 1. The molecule has 154 valence electrons. The van der Waals surface area contributed by atoms with Crippen LogP contribution >= 0.6 is 11.3 Å². The lowest BCUT2D eigenvalue weighted by atomic mass is 10.1. The van der Waals surface area contributed by atoms with Gasteiger partial charge in [-0.05, 0) is 29.8 Å². The van der Waals surface area contributed by atoms with Gasteiger partial charge in [0, 0.05) is 13.7 Å². The van der Waals surface area contributed by atoms with Gasteiger partial charge in [-0.1, -0.05) is 23.5 Å². The van der Waals surface area contributed by atoms with Gasteiger partial charge >= 0.3 is 0 Å². The third kappa shape index (κ3) is 4.60. The zero-order valence-electron chi connectivity index (χ0n) is 16.9. The molecule has 0 unspecified atom stereocenters. The van der Waals surface area contributed by atoms with Crippen LogP contribution < -0.4 is 19.0 Å². The fourth-order valence-electron chi connectivity index (χ4n) is 3.03. The number of thiazole rings is 1. The molecule has 0 fully saturated rings. The van der Waals surface area contributed by atoms with E-state index >= 15 is 0 Å². The molecule has 0 aliphatic heterocycles. The minimum Gasteiger partial charge on any atom is -0.497 e. The molecule has 0 aliphatic carbocycles. The first-order valence-electron chi connectivity index (χ1n) is 9.05. The Hall–Kier alpha value is -2.84. The molecule has 0 saturated carbocycles. The van der Waals surface area contributed by atoms with Crippen molar-refractivity contribution in [2.24, 2.45) is 4.99 Å². The highest BCUT2D eigenvalue weighted by Gasteiger charge is 2.16. The molecule has 0 bridgehead atoms. The van der Waals surface area contributed by atoms with Crippen LogP contribution in [0, 0.1) is 0 Å². The number of benzene rings is 2. The Morgan fingerprint density at radius 1 is 1.03 bits per heavy atom. The third-order valence-electron chi connectivity index (χ3n) is 4.42. The molecule has 0 spiro atoms. The summed E-state index contributed by atoms with van der Waals surface area (Å²) >= 11 is 1.39. The number of amides is 1. The van der Waals surface area contributed by atoms with Crippen LogP contribution in [0.5, 0.6) is 17.2 Å². The normalized spacial score (nSPS) is 11.7. The molecule has 8 heteroatoms. The summed E-state index contributed by atoms with van der Waals surface area (Å²) in [6.07, 6.45) is 0.185. The number of hydrogen-bond acceptors (Lipinski definition) is 6. The van der Waals surface area contributed by atoms with Gasteiger partial charge in [0.2, 0.25) is 0 Å². The van der Waals surface area contributed by atoms with E-state index in [1.54, 1.807) is 28.4 Å². The predicted molar refractivity (Wildman–Crippen MR) is 112 cm³/mol. The Morgan fingerprint density at radius 2 is 1.79 bits per heavy atom. The molecular weight excluding hydrogens is 392 g/mol. The molecule has 1 aromatic heterocycles. The van der Waals surface area contributed by atoms with E-state index in [2.05, 4.69) is 4.99 Å². The molecule has 7 nitrogen and oxygen atoms in total. The monoisotopic (exact) mass is 416 g/mol. The summed E-state index contributed by atoms with van der Waals surface area (Å²) in [5.41, 5.74) is 1.68. The lowest BCUT2D eigenvalue weighted by Gasteiger charge is -2.09. The Bertz CT molecular complexity index is 1070. The van der Waals surface area contributed by atoms with E-state index < -0.39 is 0 Å². The maximum Gasteiger partial charge on any atom is 0.252 e. The number of hydrogen-bond donors (Lipinski definition) is 0. The lowest BCUT2D eigenvalue weighted by Crippen LogP contribution is -2.20. The molecule has 1 heterocycles. The van der Waals surface area contributed by atoms with Crippen LogP contribution in [-0.2, 0) is 22.5 Å². The molecule has 1 amide bonds. The van der Waals surface area contributed by atoms with Crippen LogP contribution in [-0.4, -0.2) is 45.5 Å². The van der Waals surface area contributed by atoms with Crippen molar-refractivity contribution in [3.05, 3.63) is 46.8 Å². The summed E-state index contributed by atoms with van der Waals surface area (Å²) < 4.78 is 24.3. The maximum atomic E-state index is 12.7. The molecule has 0 aliphatic rings. The molecule has 3 rings (SSSR count). The van der Waals surface area contributed by atoms with Gasteiger partial charge in [-0.25, -0.2) is 0 Å². The van der Waals surface area contributed by atoms with E-state index in [0.717, 1.165) is 15.8 Å². The number of fused-ring (bicyclic) bond motifs is 1. The van der Waals surface area contributed by atoms with E-state index in [1.165, 1.54) is 11.3 Å². The van der Waals surface area contributed by atoms with Crippen molar-refractivity contribution >= 4 is 27.5 Å². The van der Waals surface area contributed by atoms with Gasteiger partial charge in [-0.15, -0.1) is 0 Å². The molecule has 0 atom stereocenters. The fourth-order valence-corrected chi connectivity index (χ4v) is 4.21. The van der Waals surface area contributed by atoms with Crippen LogP contribution in [0.3, 0.4) is 0 Å². The highest BCUT2D eigenvalue weighted by atomic mass is 32.1. The minimum absolute atomic E-state index is 0.185. The topological polar surface area (TPSA) is 71.3 Å². The molecule has 3 aromatic rings. The van der Waals surface area contributed by atoms with Gasteiger partial charge < -0.3 is 23.5 Å². The minimum atomic E-state index is -0.242. The number of carbonyl (C=O) groups excluding carboxylic acids is 1. The summed E-state index contributed by atoms with van der Waals surface area (Å²) in [5, 5.41) is 0. The van der Waals surface area contributed by atoms with E-state index in [4.69, 9.17) is 18.9 Å². The molecule has 2 aromatic carbocycles. The van der Waals surface area contributed by atoms with Crippen LogP contribution in [0.1, 0.15) is 5.56 Å². The number of aromatic nitrogens is 1. The number of methoxy groups -OCH3 is 4. The highest BCUT2D eigenvalue weighted by Crippen LogP contribution is 2.35. The second-order valence-corrected chi connectivity index (χ2v) is 7.19. The first-order chi connectivity index (χ1) is 14.1. The Morgan fingerprint density at radius 3 is 2.48 bits per heavy atom. The van der Waals surface area contributed by atoms with Crippen molar-refractivity contribution in [1.29, 1.82) is 0 Å². The Balaban J connectivity index is 2.07. The first kappa shape index (κ1) is 20.9. The lowest BCUT2D eigenvalue weighted by molar-refractivity contribution is -0.117. The van der Waals surface area contributed by atoms with Crippen LogP contribution in [0.4, 0.5) is 0 Å². The third-order valence-corrected chi connectivity index (χ3v) is 5.51. The number of rotatable bonds is 8. The van der Waals surface area contributed by atoms with Crippen molar-refractivity contribution in [3.8, 4) is 17.2 Å². The first-order valence-corrected chi connectivity index (χ1v) is 9.86. The van der Waals surface area contributed by atoms with Crippen LogP contribution in [0.2, 0.25) is 0 Å². The average Bonchev–Trinajstić information content (AvgIpc) is 3.09. The maximum absolute atomic E-state index is 12.7. The summed E-state index contributed by atoms with van der Waals surface area (Å²) in [4.78, 5) is 17.6. The predicted octanol–water partition coefficient (Wildman–Crippen LogP) is 3.05. The molecule has 0 saturated heterocycles. The van der Waals surface area contributed by atoms with E-state index in [9.17, 15) is 4.79 Å². The van der Waals surface area contributed by atoms with Gasteiger partial charge in [0.1, 0.15) is 27.5 Å². The van der Waals surface area contributed by atoms with Crippen molar-refractivity contribution < 1.29 is 23.7 Å². The smallest absolute Gasteiger partial charge is 0.252 e. The second kappa shape index (κ2) is 9.58. The summed E-state index contributed by atoms with van der Waals surface area (Å²) in [5.74, 6) is 1.87. The average molecular weight is 416 g/mol.